The van der Waals surface area contributed by atoms with Crippen LogP contribution in [0.4, 0.5) is 0 Å². The molecular weight excluding hydrogens is 531 g/mol. The van der Waals surface area contributed by atoms with Gasteiger partial charge < -0.3 is 10.6 Å². The van der Waals surface area contributed by atoms with Crippen molar-refractivity contribution in [2.75, 3.05) is 32.4 Å². The van der Waals surface area contributed by atoms with E-state index in [1.807, 2.05) is 6.07 Å². The standard InChI is InChI=1S/C17H27BrN4O2S.HI/c1-3-25(23,24)22-12-6-11-20-16(19-2)21-13-17(9-10-17)14-7-4-5-8-15(14)18;/h4-5,7-8,22H,3,6,9-13H2,1-2H3,(H2,19,20,21);1H. The number of guanidine groups is 1. The molecule has 148 valence electrons. The normalized spacial score (nSPS) is 15.9. The molecule has 1 fully saturated rings. The van der Waals surface area contributed by atoms with E-state index in [0.717, 1.165) is 17.0 Å². The smallest absolute Gasteiger partial charge is 0.211 e. The molecule has 0 saturated heterocycles. The summed E-state index contributed by atoms with van der Waals surface area (Å²) in [5.74, 6) is 0.859. The Morgan fingerprint density at radius 3 is 2.50 bits per heavy atom. The van der Waals surface area contributed by atoms with Gasteiger partial charge >= 0.3 is 0 Å². The van der Waals surface area contributed by atoms with E-state index in [4.69, 9.17) is 0 Å². The first-order valence-electron chi connectivity index (χ1n) is 8.59. The molecule has 0 spiro atoms. The lowest BCUT2D eigenvalue weighted by Crippen LogP contribution is -2.42. The van der Waals surface area contributed by atoms with Gasteiger partial charge in [0, 0.05) is 36.6 Å². The number of rotatable bonds is 9. The highest BCUT2D eigenvalue weighted by Gasteiger charge is 2.45. The van der Waals surface area contributed by atoms with Crippen LogP contribution in [-0.4, -0.2) is 46.8 Å². The molecule has 0 heterocycles. The third-order valence-corrected chi connectivity index (χ3v) is 6.56. The van der Waals surface area contributed by atoms with Gasteiger partial charge in [-0.1, -0.05) is 34.1 Å². The fourth-order valence-corrected chi connectivity index (χ4v) is 4.05. The molecule has 1 aromatic rings. The van der Waals surface area contributed by atoms with Gasteiger partial charge in [-0.15, -0.1) is 24.0 Å². The highest BCUT2D eigenvalue weighted by Crippen LogP contribution is 2.49. The second-order valence-electron chi connectivity index (χ2n) is 6.26. The van der Waals surface area contributed by atoms with Crippen LogP contribution in [0.1, 0.15) is 31.7 Å². The van der Waals surface area contributed by atoms with Crippen LogP contribution in [0.2, 0.25) is 0 Å². The van der Waals surface area contributed by atoms with Gasteiger partial charge in [0.1, 0.15) is 0 Å². The van der Waals surface area contributed by atoms with Gasteiger partial charge in [0.2, 0.25) is 10.0 Å². The molecule has 6 nitrogen and oxygen atoms in total. The Hall–Kier alpha value is -0.390. The fraction of sp³-hybridized carbons (Fsp3) is 0.588. The van der Waals surface area contributed by atoms with Crippen LogP contribution in [0.5, 0.6) is 0 Å². The SMILES string of the molecule is CCS(=O)(=O)NCCCNC(=NC)NCC1(c2ccccc2Br)CC1.I. The first-order chi connectivity index (χ1) is 11.9. The third kappa shape index (κ3) is 6.97. The molecule has 1 aromatic carbocycles. The zero-order chi connectivity index (χ0) is 18.3. The minimum atomic E-state index is -3.11. The van der Waals surface area contributed by atoms with Crippen molar-refractivity contribution in [2.45, 2.75) is 31.6 Å². The van der Waals surface area contributed by atoms with Gasteiger partial charge in [0.15, 0.2) is 5.96 Å². The lowest BCUT2D eigenvalue weighted by molar-refractivity contribution is 0.579. The summed E-state index contributed by atoms with van der Waals surface area (Å²) in [5, 5.41) is 6.63. The van der Waals surface area contributed by atoms with Gasteiger partial charge in [-0.05, 0) is 37.8 Å². The van der Waals surface area contributed by atoms with Crippen LogP contribution in [0, 0.1) is 0 Å². The predicted molar refractivity (Wildman–Crippen MR) is 122 cm³/mol. The molecule has 0 bridgehead atoms. The number of nitrogens with one attached hydrogen (secondary N) is 3. The Balaban J connectivity index is 0.00000338. The van der Waals surface area contributed by atoms with Gasteiger partial charge in [-0.3, -0.25) is 4.99 Å². The van der Waals surface area contributed by atoms with Crippen molar-refractivity contribution in [3.8, 4) is 0 Å². The first-order valence-corrected chi connectivity index (χ1v) is 11.0. The molecule has 0 aliphatic heterocycles. The molecule has 0 amide bonds. The Labute approximate surface area is 182 Å². The van der Waals surface area contributed by atoms with Crippen molar-refractivity contribution in [3.05, 3.63) is 34.3 Å². The number of aliphatic imine (C=N–C) groups is 1. The molecule has 3 N–H and O–H groups in total. The van der Waals surface area contributed by atoms with Crippen molar-refractivity contribution in [2.24, 2.45) is 4.99 Å². The van der Waals surface area contributed by atoms with Gasteiger partial charge in [-0.25, -0.2) is 13.1 Å². The summed E-state index contributed by atoms with van der Waals surface area (Å²) < 4.78 is 26.4. The Morgan fingerprint density at radius 1 is 1.23 bits per heavy atom. The number of halogens is 2. The minimum absolute atomic E-state index is 0. The number of hydrogen-bond acceptors (Lipinski definition) is 3. The largest absolute Gasteiger partial charge is 0.356 e. The molecule has 1 aliphatic rings. The molecule has 1 aliphatic carbocycles. The first kappa shape index (κ1) is 23.6. The quantitative estimate of drug-likeness (QED) is 0.188. The second-order valence-corrected chi connectivity index (χ2v) is 9.21. The summed E-state index contributed by atoms with van der Waals surface area (Å²) >= 11 is 3.65. The molecule has 1 saturated carbocycles. The van der Waals surface area contributed by atoms with E-state index in [1.54, 1.807) is 14.0 Å². The Morgan fingerprint density at radius 2 is 1.92 bits per heavy atom. The van der Waals surface area contributed by atoms with Crippen LogP contribution < -0.4 is 15.4 Å². The fourth-order valence-electron chi connectivity index (χ4n) is 2.68. The summed E-state index contributed by atoms with van der Waals surface area (Å²) in [6, 6.07) is 8.36. The number of hydrogen-bond donors (Lipinski definition) is 3. The van der Waals surface area contributed by atoms with Crippen molar-refractivity contribution in [1.82, 2.24) is 15.4 Å². The van der Waals surface area contributed by atoms with E-state index in [1.165, 1.54) is 18.4 Å². The summed E-state index contributed by atoms with van der Waals surface area (Å²) in [7, 11) is -1.37. The average Bonchev–Trinajstić information content (AvgIpc) is 3.38. The van der Waals surface area contributed by atoms with Crippen molar-refractivity contribution in [3.63, 3.8) is 0 Å². The average molecular weight is 559 g/mol. The highest BCUT2D eigenvalue weighted by molar-refractivity contribution is 14.0. The minimum Gasteiger partial charge on any atom is -0.356 e. The molecule has 0 unspecified atom stereocenters. The van der Waals surface area contributed by atoms with Gasteiger partial charge in [0.25, 0.3) is 0 Å². The van der Waals surface area contributed by atoms with E-state index in [0.29, 0.717) is 19.5 Å². The summed E-state index contributed by atoms with van der Waals surface area (Å²) in [6.07, 6.45) is 3.03. The van der Waals surface area contributed by atoms with Crippen LogP contribution in [0.15, 0.2) is 33.7 Å². The number of nitrogens with zero attached hydrogens (tertiary/aromatic N) is 1. The molecule has 9 heteroatoms. The van der Waals surface area contributed by atoms with Gasteiger partial charge in [0.05, 0.1) is 5.75 Å². The number of sulfonamides is 1. The van der Waals surface area contributed by atoms with E-state index in [2.05, 4.69) is 54.5 Å². The lowest BCUT2D eigenvalue weighted by Gasteiger charge is -2.20. The monoisotopic (exact) mass is 558 g/mol. The maximum Gasteiger partial charge on any atom is 0.211 e. The Kier molecular flexibility index (Phi) is 9.84. The third-order valence-electron chi connectivity index (χ3n) is 4.46. The molecule has 26 heavy (non-hydrogen) atoms. The zero-order valence-electron chi connectivity index (χ0n) is 15.2. The van der Waals surface area contributed by atoms with Crippen LogP contribution in [-0.2, 0) is 15.4 Å². The second kappa shape index (κ2) is 10.8. The van der Waals surface area contributed by atoms with Crippen molar-refractivity contribution < 1.29 is 8.42 Å². The van der Waals surface area contributed by atoms with Crippen LogP contribution >= 0.6 is 39.9 Å². The van der Waals surface area contributed by atoms with E-state index < -0.39 is 10.0 Å². The molecule has 2 rings (SSSR count). The number of benzene rings is 1. The maximum atomic E-state index is 11.4. The molecule has 0 radical (unpaired) electrons. The Bertz CT molecular complexity index is 708. The summed E-state index contributed by atoms with van der Waals surface area (Å²) in [6.45, 7) is 3.55. The molecule has 0 atom stereocenters. The van der Waals surface area contributed by atoms with E-state index in [-0.39, 0.29) is 35.1 Å². The topological polar surface area (TPSA) is 82.6 Å². The van der Waals surface area contributed by atoms with Crippen molar-refractivity contribution >= 4 is 55.9 Å². The van der Waals surface area contributed by atoms with Crippen LogP contribution in [0.3, 0.4) is 0 Å². The molecule has 0 aromatic heterocycles. The maximum absolute atomic E-state index is 11.4. The predicted octanol–water partition coefficient (Wildman–Crippen LogP) is 2.59. The zero-order valence-corrected chi connectivity index (χ0v) is 20.0. The summed E-state index contributed by atoms with van der Waals surface area (Å²) in [5.41, 5.74) is 1.51. The van der Waals surface area contributed by atoms with E-state index >= 15 is 0 Å². The highest BCUT2D eigenvalue weighted by atomic mass is 127. The van der Waals surface area contributed by atoms with E-state index in [9.17, 15) is 8.42 Å². The van der Waals surface area contributed by atoms with Crippen LogP contribution in [0.25, 0.3) is 0 Å². The molecular formula is C17H28BrIN4O2S. The summed E-state index contributed by atoms with van der Waals surface area (Å²) in [4.78, 5) is 4.24. The lowest BCUT2D eigenvalue weighted by atomic mass is 9.96. The van der Waals surface area contributed by atoms with Crippen molar-refractivity contribution in [1.29, 1.82) is 0 Å². The van der Waals surface area contributed by atoms with Gasteiger partial charge in [-0.2, -0.15) is 0 Å².